The number of nitrogens with one attached hydrogen (secondary N) is 3. The summed E-state index contributed by atoms with van der Waals surface area (Å²) in [6, 6.07) is 15.8. The Balaban J connectivity index is 0.00000450. The summed E-state index contributed by atoms with van der Waals surface area (Å²) < 4.78 is 27.3. The van der Waals surface area contributed by atoms with Crippen molar-refractivity contribution in [2.75, 3.05) is 7.05 Å². The van der Waals surface area contributed by atoms with Crippen molar-refractivity contribution in [2.24, 2.45) is 4.99 Å². The quantitative estimate of drug-likeness (QED) is 0.256. The van der Waals surface area contributed by atoms with Gasteiger partial charge in [-0.15, -0.1) is 24.0 Å². The summed E-state index contributed by atoms with van der Waals surface area (Å²) in [6.45, 7) is 6.94. The van der Waals surface area contributed by atoms with Gasteiger partial charge in [0.2, 0.25) is 10.0 Å². The van der Waals surface area contributed by atoms with E-state index in [9.17, 15) is 8.42 Å². The number of hydrogen-bond donors (Lipinski definition) is 3. The van der Waals surface area contributed by atoms with Crippen molar-refractivity contribution in [3.8, 4) is 0 Å². The smallest absolute Gasteiger partial charge is 0.216 e. The van der Waals surface area contributed by atoms with Crippen LogP contribution in [0.5, 0.6) is 0 Å². The highest BCUT2D eigenvalue weighted by atomic mass is 127. The van der Waals surface area contributed by atoms with Crippen molar-refractivity contribution >= 4 is 40.0 Å². The molecular formula is C22H33IN4O2S. The maximum absolute atomic E-state index is 12.3. The maximum Gasteiger partial charge on any atom is 0.216 e. The third kappa shape index (κ3) is 8.61. The molecule has 6 nitrogen and oxygen atoms in total. The Kier molecular flexibility index (Phi) is 11.4. The highest BCUT2D eigenvalue weighted by Crippen LogP contribution is 2.13. The van der Waals surface area contributed by atoms with E-state index in [2.05, 4.69) is 45.5 Å². The number of aryl methyl sites for hydroxylation is 1. The van der Waals surface area contributed by atoms with Gasteiger partial charge in [-0.1, -0.05) is 55.5 Å². The lowest BCUT2D eigenvalue weighted by molar-refractivity contribution is 0.568. The lowest BCUT2D eigenvalue weighted by Gasteiger charge is -2.16. The predicted molar refractivity (Wildman–Crippen MR) is 136 cm³/mol. The molecule has 8 heteroatoms. The van der Waals surface area contributed by atoms with Crippen LogP contribution in [-0.2, 0) is 35.3 Å². The first-order valence-electron chi connectivity index (χ1n) is 9.92. The summed E-state index contributed by atoms with van der Waals surface area (Å²) in [5.41, 5.74) is 4.26. The lowest BCUT2D eigenvalue weighted by Crippen LogP contribution is -2.37. The molecule has 0 aliphatic heterocycles. The van der Waals surface area contributed by atoms with Crippen LogP contribution in [0.25, 0.3) is 0 Å². The molecule has 30 heavy (non-hydrogen) atoms. The van der Waals surface area contributed by atoms with Crippen LogP contribution < -0.4 is 15.4 Å². The number of aliphatic imine (C=N–C) groups is 1. The SMILES string of the molecule is CCc1ccccc1CNC(=NC)NCc1ccccc1CS(=O)(=O)NC(C)C.I. The molecule has 3 N–H and O–H groups in total. The van der Waals surface area contributed by atoms with E-state index in [1.165, 1.54) is 11.1 Å². The summed E-state index contributed by atoms with van der Waals surface area (Å²) in [6.07, 6.45) is 0.982. The van der Waals surface area contributed by atoms with Crippen LogP contribution in [0.1, 0.15) is 43.0 Å². The fraction of sp³-hybridized carbons (Fsp3) is 0.409. The molecule has 2 rings (SSSR count). The lowest BCUT2D eigenvalue weighted by atomic mass is 10.1. The molecule has 0 heterocycles. The second-order valence-electron chi connectivity index (χ2n) is 7.20. The van der Waals surface area contributed by atoms with Gasteiger partial charge in [-0.2, -0.15) is 0 Å². The molecule has 166 valence electrons. The molecule has 0 radical (unpaired) electrons. The highest BCUT2D eigenvalue weighted by molar-refractivity contribution is 14.0. The molecular weight excluding hydrogens is 511 g/mol. The van der Waals surface area contributed by atoms with E-state index in [0.717, 1.165) is 17.5 Å². The van der Waals surface area contributed by atoms with Crippen molar-refractivity contribution in [1.82, 2.24) is 15.4 Å². The van der Waals surface area contributed by atoms with E-state index < -0.39 is 10.0 Å². The van der Waals surface area contributed by atoms with Gasteiger partial charge in [0.25, 0.3) is 0 Å². The number of sulfonamides is 1. The second-order valence-corrected chi connectivity index (χ2v) is 8.96. The Morgan fingerprint density at radius 1 is 0.900 bits per heavy atom. The first kappa shape index (κ1) is 26.4. The molecule has 0 fully saturated rings. The van der Waals surface area contributed by atoms with E-state index in [1.54, 1.807) is 7.05 Å². The van der Waals surface area contributed by atoms with E-state index in [1.807, 2.05) is 44.2 Å². The molecule has 2 aromatic rings. The third-order valence-electron chi connectivity index (χ3n) is 4.49. The Hall–Kier alpha value is -1.65. The van der Waals surface area contributed by atoms with Gasteiger partial charge in [0.05, 0.1) is 5.75 Å². The summed E-state index contributed by atoms with van der Waals surface area (Å²) in [5, 5.41) is 6.62. The van der Waals surface area contributed by atoms with E-state index in [0.29, 0.717) is 19.0 Å². The van der Waals surface area contributed by atoms with Crippen LogP contribution in [0.15, 0.2) is 53.5 Å². The molecule has 0 aromatic heterocycles. The maximum atomic E-state index is 12.3. The molecule has 0 aliphatic carbocycles. The van der Waals surface area contributed by atoms with Gasteiger partial charge in [0, 0.05) is 26.2 Å². The molecule has 0 amide bonds. The zero-order valence-corrected chi connectivity index (χ0v) is 21.3. The van der Waals surface area contributed by atoms with Gasteiger partial charge in [-0.05, 0) is 42.5 Å². The first-order chi connectivity index (χ1) is 13.8. The summed E-state index contributed by atoms with van der Waals surface area (Å²) in [4.78, 5) is 4.28. The third-order valence-corrected chi connectivity index (χ3v) is 6.02. The number of halogens is 1. The number of benzene rings is 2. The van der Waals surface area contributed by atoms with E-state index in [4.69, 9.17) is 0 Å². The van der Waals surface area contributed by atoms with Crippen molar-refractivity contribution in [2.45, 2.75) is 52.1 Å². The van der Waals surface area contributed by atoms with Crippen molar-refractivity contribution in [3.05, 3.63) is 70.8 Å². The number of rotatable bonds is 9. The Morgan fingerprint density at radius 3 is 1.83 bits per heavy atom. The first-order valence-corrected chi connectivity index (χ1v) is 11.6. The minimum absolute atomic E-state index is 0. The van der Waals surface area contributed by atoms with Crippen molar-refractivity contribution < 1.29 is 8.42 Å². The standard InChI is InChI=1S/C22H32N4O2S.HI/c1-5-18-10-6-7-11-19(18)14-24-22(23-4)25-15-20-12-8-9-13-21(20)16-29(27,28)26-17(2)3;/h6-13,17,26H,5,14-16H2,1-4H3,(H2,23,24,25);1H. The fourth-order valence-electron chi connectivity index (χ4n) is 3.13. The van der Waals surface area contributed by atoms with Crippen LogP contribution in [0.2, 0.25) is 0 Å². The van der Waals surface area contributed by atoms with Gasteiger partial charge in [0.15, 0.2) is 5.96 Å². The zero-order chi connectivity index (χ0) is 21.3. The second kappa shape index (κ2) is 12.9. The van der Waals surface area contributed by atoms with Gasteiger partial charge in [-0.25, -0.2) is 13.1 Å². The topological polar surface area (TPSA) is 82.6 Å². The Bertz CT molecular complexity index is 930. The minimum atomic E-state index is -3.38. The van der Waals surface area contributed by atoms with Crippen LogP contribution in [0.3, 0.4) is 0 Å². The van der Waals surface area contributed by atoms with Gasteiger partial charge < -0.3 is 10.6 Å². The number of guanidine groups is 1. The molecule has 2 aromatic carbocycles. The Labute approximate surface area is 198 Å². The molecule has 0 saturated carbocycles. The van der Waals surface area contributed by atoms with E-state index in [-0.39, 0.29) is 35.8 Å². The predicted octanol–water partition coefficient (Wildman–Crippen LogP) is 3.56. The van der Waals surface area contributed by atoms with Crippen LogP contribution >= 0.6 is 24.0 Å². The molecule has 0 unspecified atom stereocenters. The van der Waals surface area contributed by atoms with Gasteiger partial charge >= 0.3 is 0 Å². The fourth-order valence-corrected chi connectivity index (χ4v) is 4.62. The van der Waals surface area contributed by atoms with Gasteiger partial charge in [0.1, 0.15) is 0 Å². The average Bonchev–Trinajstić information content (AvgIpc) is 2.68. The minimum Gasteiger partial charge on any atom is -0.352 e. The largest absolute Gasteiger partial charge is 0.352 e. The summed E-state index contributed by atoms with van der Waals surface area (Å²) >= 11 is 0. The molecule has 0 aliphatic rings. The van der Waals surface area contributed by atoms with Crippen molar-refractivity contribution in [1.29, 1.82) is 0 Å². The van der Waals surface area contributed by atoms with Gasteiger partial charge in [-0.3, -0.25) is 4.99 Å². The van der Waals surface area contributed by atoms with Crippen LogP contribution in [0.4, 0.5) is 0 Å². The van der Waals surface area contributed by atoms with Crippen molar-refractivity contribution in [3.63, 3.8) is 0 Å². The molecule has 0 bridgehead atoms. The number of hydrogen-bond acceptors (Lipinski definition) is 3. The molecule has 0 atom stereocenters. The summed E-state index contributed by atoms with van der Waals surface area (Å²) in [5.74, 6) is 0.632. The molecule has 0 saturated heterocycles. The number of nitrogens with zero attached hydrogens (tertiary/aromatic N) is 1. The van der Waals surface area contributed by atoms with Crippen LogP contribution in [-0.4, -0.2) is 27.5 Å². The monoisotopic (exact) mass is 544 g/mol. The normalized spacial score (nSPS) is 11.8. The molecule has 0 spiro atoms. The van der Waals surface area contributed by atoms with Crippen LogP contribution in [0, 0.1) is 0 Å². The summed E-state index contributed by atoms with van der Waals surface area (Å²) in [7, 11) is -1.65. The zero-order valence-electron chi connectivity index (χ0n) is 18.1. The Morgan fingerprint density at radius 2 is 1.37 bits per heavy atom. The average molecular weight is 545 g/mol. The van der Waals surface area contributed by atoms with E-state index >= 15 is 0 Å². The highest BCUT2D eigenvalue weighted by Gasteiger charge is 2.15.